The fraction of sp³-hybridized carbons (Fsp3) is 0.533. The Labute approximate surface area is 128 Å². The van der Waals surface area contributed by atoms with E-state index in [1.165, 1.54) is 0 Å². The van der Waals surface area contributed by atoms with Crippen LogP contribution in [0.4, 0.5) is 0 Å². The van der Waals surface area contributed by atoms with Crippen LogP contribution in [0.1, 0.15) is 31.9 Å². The molecule has 0 saturated heterocycles. The van der Waals surface area contributed by atoms with E-state index in [0.29, 0.717) is 6.54 Å². The Bertz CT molecular complexity index is 486. The van der Waals surface area contributed by atoms with Gasteiger partial charge in [-0.2, -0.15) is 0 Å². The molecule has 1 rings (SSSR count). The monoisotopic (exact) mass is 343 g/mol. The lowest BCUT2D eigenvalue weighted by molar-refractivity contribution is -0.148. The van der Waals surface area contributed by atoms with Crippen LogP contribution in [-0.4, -0.2) is 24.2 Å². The first-order valence-electron chi connectivity index (χ1n) is 6.64. The van der Waals surface area contributed by atoms with Gasteiger partial charge >= 0.3 is 5.97 Å². The molecule has 0 radical (unpaired) electrons. The van der Waals surface area contributed by atoms with Gasteiger partial charge in [0, 0.05) is 16.6 Å². The second-order valence-electron chi connectivity index (χ2n) is 5.47. The third-order valence-corrected chi connectivity index (χ3v) is 3.50. The molecule has 0 aromatic heterocycles. The molecule has 0 aliphatic rings. The van der Waals surface area contributed by atoms with Crippen molar-refractivity contribution in [3.8, 4) is 5.75 Å². The average molecular weight is 344 g/mol. The van der Waals surface area contributed by atoms with E-state index >= 15 is 0 Å². The molecule has 2 N–H and O–H groups in total. The van der Waals surface area contributed by atoms with E-state index in [4.69, 9.17) is 9.84 Å². The van der Waals surface area contributed by atoms with Gasteiger partial charge in [0.15, 0.2) is 0 Å². The second-order valence-corrected chi connectivity index (χ2v) is 6.38. The molecule has 1 aromatic rings. The third kappa shape index (κ3) is 4.49. The van der Waals surface area contributed by atoms with Gasteiger partial charge in [0.25, 0.3) is 0 Å². The molecule has 0 bridgehead atoms. The first-order chi connectivity index (χ1) is 9.27. The second kappa shape index (κ2) is 7.09. The highest BCUT2D eigenvalue weighted by Gasteiger charge is 2.28. The van der Waals surface area contributed by atoms with Crippen molar-refractivity contribution in [2.45, 2.75) is 34.2 Å². The molecule has 0 spiro atoms. The topological polar surface area (TPSA) is 58.6 Å². The number of halogens is 1. The molecule has 0 aliphatic carbocycles. The van der Waals surface area contributed by atoms with Gasteiger partial charge in [-0.05, 0) is 45.0 Å². The molecule has 4 nitrogen and oxygen atoms in total. The molecular formula is C15H22BrNO3. The van der Waals surface area contributed by atoms with Crippen LogP contribution >= 0.6 is 15.9 Å². The number of aliphatic carboxylic acids is 1. The van der Waals surface area contributed by atoms with Gasteiger partial charge < -0.3 is 15.2 Å². The Morgan fingerprint density at radius 1 is 1.45 bits per heavy atom. The standard InChI is InChI=1S/C15H22BrNO3/c1-5-17-8-11-7-12(16)6-10(2)13(11)20-9-15(3,4)14(18)19/h6-7,17H,5,8-9H2,1-4H3,(H,18,19). The van der Waals surface area contributed by atoms with Crippen LogP contribution in [-0.2, 0) is 11.3 Å². The van der Waals surface area contributed by atoms with E-state index in [-0.39, 0.29) is 6.61 Å². The molecule has 0 saturated carbocycles. The third-order valence-electron chi connectivity index (χ3n) is 3.04. The minimum Gasteiger partial charge on any atom is -0.492 e. The van der Waals surface area contributed by atoms with Crippen molar-refractivity contribution in [3.05, 3.63) is 27.7 Å². The van der Waals surface area contributed by atoms with Gasteiger partial charge in [0.05, 0.1) is 5.41 Å². The summed E-state index contributed by atoms with van der Waals surface area (Å²) in [7, 11) is 0. The highest BCUT2D eigenvalue weighted by Crippen LogP contribution is 2.29. The molecule has 5 heteroatoms. The van der Waals surface area contributed by atoms with Gasteiger partial charge in [-0.1, -0.05) is 22.9 Å². The zero-order valence-corrected chi connectivity index (χ0v) is 14.0. The number of aryl methyl sites for hydroxylation is 1. The van der Waals surface area contributed by atoms with Crippen LogP contribution in [0.2, 0.25) is 0 Å². The summed E-state index contributed by atoms with van der Waals surface area (Å²) in [6.07, 6.45) is 0. The van der Waals surface area contributed by atoms with Crippen LogP contribution in [0, 0.1) is 12.3 Å². The number of nitrogens with one attached hydrogen (secondary N) is 1. The highest BCUT2D eigenvalue weighted by molar-refractivity contribution is 9.10. The summed E-state index contributed by atoms with van der Waals surface area (Å²) in [6.45, 7) is 9.03. The van der Waals surface area contributed by atoms with Crippen molar-refractivity contribution in [3.63, 3.8) is 0 Å². The number of hydrogen-bond acceptors (Lipinski definition) is 3. The Morgan fingerprint density at radius 2 is 2.10 bits per heavy atom. The molecule has 0 unspecified atom stereocenters. The lowest BCUT2D eigenvalue weighted by Crippen LogP contribution is -2.31. The maximum atomic E-state index is 11.1. The summed E-state index contributed by atoms with van der Waals surface area (Å²) in [6, 6.07) is 3.97. The molecule has 112 valence electrons. The molecular weight excluding hydrogens is 322 g/mol. The molecule has 1 aromatic carbocycles. The molecule has 0 fully saturated rings. The lowest BCUT2D eigenvalue weighted by Gasteiger charge is -2.22. The molecule has 0 heterocycles. The van der Waals surface area contributed by atoms with Gasteiger partial charge in [0.1, 0.15) is 12.4 Å². The Hall–Kier alpha value is -1.07. The number of rotatable bonds is 7. The van der Waals surface area contributed by atoms with E-state index in [2.05, 4.69) is 21.2 Å². The predicted octanol–water partition coefficient (Wildman–Crippen LogP) is 3.36. The first kappa shape index (κ1) is 17.0. The van der Waals surface area contributed by atoms with Crippen molar-refractivity contribution < 1.29 is 14.6 Å². The normalized spacial score (nSPS) is 11.4. The zero-order chi connectivity index (χ0) is 15.3. The molecule has 20 heavy (non-hydrogen) atoms. The van der Waals surface area contributed by atoms with Crippen LogP contribution in [0.5, 0.6) is 5.75 Å². The minimum absolute atomic E-state index is 0.143. The van der Waals surface area contributed by atoms with Gasteiger partial charge in [0.2, 0.25) is 0 Å². The quantitative estimate of drug-likeness (QED) is 0.796. The summed E-state index contributed by atoms with van der Waals surface area (Å²) in [5.74, 6) is -0.0935. The Morgan fingerprint density at radius 3 is 2.65 bits per heavy atom. The Kier molecular flexibility index (Phi) is 6.02. The molecule has 0 aliphatic heterocycles. The molecule has 0 atom stereocenters. The highest BCUT2D eigenvalue weighted by atomic mass is 79.9. The smallest absolute Gasteiger partial charge is 0.312 e. The zero-order valence-electron chi connectivity index (χ0n) is 12.4. The molecule has 0 amide bonds. The van der Waals surface area contributed by atoms with E-state index in [1.807, 2.05) is 26.0 Å². The number of ether oxygens (including phenoxy) is 1. The van der Waals surface area contributed by atoms with Crippen molar-refractivity contribution >= 4 is 21.9 Å². The van der Waals surface area contributed by atoms with Crippen molar-refractivity contribution in [1.82, 2.24) is 5.32 Å². The van der Waals surface area contributed by atoms with E-state index in [9.17, 15) is 4.79 Å². The van der Waals surface area contributed by atoms with Gasteiger partial charge in [-0.3, -0.25) is 4.79 Å². The summed E-state index contributed by atoms with van der Waals surface area (Å²) in [5, 5.41) is 12.4. The summed E-state index contributed by atoms with van der Waals surface area (Å²) >= 11 is 3.48. The maximum absolute atomic E-state index is 11.1. The summed E-state index contributed by atoms with van der Waals surface area (Å²) < 4.78 is 6.80. The summed E-state index contributed by atoms with van der Waals surface area (Å²) in [4.78, 5) is 11.1. The number of carboxylic acid groups (broad SMARTS) is 1. The van der Waals surface area contributed by atoms with E-state index < -0.39 is 11.4 Å². The number of benzene rings is 1. The van der Waals surface area contributed by atoms with Crippen LogP contribution < -0.4 is 10.1 Å². The number of carboxylic acids is 1. The maximum Gasteiger partial charge on any atom is 0.312 e. The van der Waals surface area contributed by atoms with Crippen LogP contribution in [0.25, 0.3) is 0 Å². The van der Waals surface area contributed by atoms with E-state index in [0.717, 1.165) is 27.9 Å². The van der Waals surface area contributed by atoms with Crippen LogP contribution in [0.15, 0.2) is 16.6 Å². The van der Waals surface area contributed by atoms with Gasteiger partial charge in [-0.25, -0.2) is 0 Å². The average Bonchev–Trinajstić information content (AvgIpc) is 2.34. The van der Waals surface area contributed by atoms with E-state index in [1.54, 1.807) is 13.8 Å². The number of carbonyl (C=O) groups is 1. The van der Waals surface area contributed by atoms with Crippen molar-refractivity contribution in [2.75, 3.05) is 13.2 Å². The van der Waals surface area contributed by atoms with Crippen molar-refractivity contribution in [1.29, 1.82) is 0 Å². The fourth-order valence-corrected chi connectivity index (χ4v) is 2.33. The lowest BCUT2D eigenvalue weighted by atomic mass is 9.95. The summed E-state index contributed by atoms with van der Waals surface area (Å²) in [5.41, 5.74) is 1.11. The predicted molar refractivity (Wildman–Crippen MR) is 83.2 cm³/mol. The van der Waals surface area contributed by atoms with Crippen molar-refractivity contribution in [2.24, 2.45) is 5.41 Å². The SMILES string of the molecule is CCNCc1cc(Br)cc(C)c1OCC(C)(C)C(=O)O. The largest absolute Gasteiger partial charge is 0.492 e. The van der Waals surface area contributed by atoms with Gasteiger partial charge in [-0.15, -0.1) is 0 Å². The van der Waals surface area contributed by atoms with Crippen LogP contribution in [0.3, 0.4) is 0 Å². The first-order valence-corrected chi connectivity index (χ1v) is 7.43. The Balaban J connectivity index is 2.95. The number of hydrogen-bond donors (Lipinski definition) is 2. The fourth-order valence-electron chi connectivity index (χ4n) is 1.71. The minimum atomic E-state index is -0.908.